The van der Waals surface area contributed by atoms with E-state index in [1.165, 1.54) is 12.7 Å². The van der Waals surface area contributed by atoms with Crippen molar-refractivity contribution in [2.24, 2.45) is 7.05 Å². The van der Waals surface area contributed by atoms with Crippen molar-refractivity contribution in [3.8, 4) is 0 Å². The molecule has 0 aromatic carbocycles. The molecule has 0 aliphatic heterocycles. The first-order valence-electron chi connectivity index (χ1n) is 6.04. The minimum absolute atomic E-state index is 0.228. The second-order valence-corrected chi connectivity index (χ2v) is 4.21. The highest BCUT2D eigenvalue weighted by molar-refractivity contribution is 5.86. The van der Waals surface area contributed by atoms with Crippen LogP contribution < -0.4 is 5.32 Å². The molecule has 0 saturated carbocycles. The summed E-state index contributed by atoms with van der Waals surface area (Å²) >= 11 is 0. The van der Waals surface area contributed by atoms with Gasteiger partial charge in [-0.3, -0.25) is 4.68 Å². The van der Waals surface area contributed by atoms with Gasteiger partial charge in [0.2, 0.25) is 5.76 Å². The second kappa shape index (κ2) is 6.19. The number of nitrogens with one attached hydrogen (secondary N) is 1. The third-order valence-electron chi connectivity index (χ3n) is 2.70. The molecule has 6 nitrogen and oxygen atoms in total. The van der Waals surface area contributed by atoms with Gasteiger partial charge in [0, 0.05) is 13.2 Å². The number of methoxy groups -OCH3 is 1. The Kier molecular flexibility index (Phi) is 4.35. The lowest BCUT2D eigenvalue weighted by Gasteiger charge is -2.01. The Morgan fingerprint density at radius 2 is 2.37 bits per heavy atom. The molecule has 0 amide bonds. The highest BCUT2D eigenvalue weighted by atomic mass is 16.5. The molecule has 2 aromatic rings. The van der Waals surface area contributed by atoms with Crippen LogP contribution in [0.4, 0.5) is 0 Å². The number of esters is 1. The monoisotopic (exact) mass is 263 g/mol. The van der Waals surface area contributed by atoms with Crippen LogP contribution in [-0.4, -0.2) is 29.4 Å². The highest BCUT2D eigenvalue weighted by Crippen LogP contribution is 2.08. The van der Waals surface area contributed by atoms with Gasteiger partial charge in [-0.15, -0.1) is 0 Å². The van der Waals surface area contributed by atoms with E-state index >= 15 is 0 Å². The first-order valence-corrected chi connectivity index (χ1v) is 6.04. The van der Waals surface area contributed by atoms with Gasteiger partial charge in [-0.2, -0.15) is 5.10 Å². The molecule has 0 radical (unpaired) electrons. The van der Waals surface area contributed by atoms with Crippen LogP contribution in [0.25, 0.3) is 0 Å². The van der Waals surface area contributed by atoms with E-state index < -0.39 is 5.97 Å². The summed E-state index contributed by atoms with van der Waals surface area (Å²) < 4.78 is 11.7. The largest absolute Gasteiger partial charge is 0.463 e. The van der Waals surface area contributed by atoms with Gasteiger partial charge in [0.1, 0.15) is 5.76 Å². The summed E-state index contributed by atoms with van der Waals surface area (Å²) in [6, 6.07) is 3.38. The van der Waals surface area contributed by atoms with Crippen LogP contribution in [0.5, 0.6) is 0 Å². The zero-order chi connectivity index (χ0) is 13.7. The van der Waals surface area contributed by atoms with Gasteiger partial charge in [-0.05, 0) is 30.7 Å². The van der Waals surface area contributed by atoms with Crippen LogP contribution >= 0.6 is 0 Å². The predicted molar refractivity (Wildman–Crippen MR) is 68.7 cm³/mol. The Morgan fingerprint density at radius 1 is 1.53 bits per heavy atom. The first-order chi connectivity index (χ1) is 9.19. The Balaban J connectivity index is 1.73. The van der Waals surface area contributed by atoms with E-state index in [1.54, 1.807) is 16.8 Å². The van der Waals surface area contributed by atoms with Crippen molar-refractivity contribution in [2.45, 2.75) is 13.0 Å². The average Bonchev–Trinajstić information content (AvgIpc) is 3.03. The number of furan rings is 1. The Morgan fingerprint density at radius 3 is 3.05 bits per heavy atom. The van der Waals surface area contributed by atoms with E-state index in [-0.39, 0.29) is 5.76 Å². The van der Waals surface area contributed by atoms with Gasteiger partial charge < -0.3 is 14.5 Å². The molecule has 0 fully saturated rings. The lowest BCUT2D eigenvalue weighted by Crippen LogP contribution is -2.16. The third-order valence-corrected chi connectivity index (χ3v) is 2.70. The quantitative estimate of drug-likeness (QED) is 0.625. The molecular weight excluding hydrogens is 246 g/mol. The summed E-state index contributed by atoms with van der Waals surface area (Å²) in [4.78, 5) is 11.2. The molecule has 0 aliphatic rings. The van der Waals surface area contributed by atoms with E-state index in [9.17, 15) is 4.79 Å². The Hall–Kier alpha value is -2.08. The SMILES string of the molecule is COC(=O)c1ccc(CNCCc2cnn(C)c2)o1. The average molecular weight is 263 g/mol. The van der Waals surface area contributed by atoms with Gasteiger partial charge in [-0.25, -0.2) is 4.79 Å². The number of rotatable bonds is 6. The number of aromatic nitrogens is 2. The zero-order valence-corrected chi connectivity index (χ0v) is 11.0. The molecule has 0 bridgehead atoms. The number of hydrogen-bond acceptors (Lipinski definition) is 5. The lowest BCUT2D eigenvalue weighted by atomic mass is 10.2. The van der Waals surface area contributed by atoms with Crippen LogP contribution in [0.1, 0.15) is 21.9 Å². The summed E-state index contributed by atoms with van der Waals surface area (Å²) in [6.45, 7) is 1.40. The smallest absolute Gasteiger partial charge is 0.373 e. The van der Waals surface area contributed by atoms with Gasteiger partial charge >= 0.3 is 5.97 Å². The number of aryl methyl sites for hydroxylation is 1. The minimum Gasteiger partial charge on any atom is -0.463 e. The summed E-state index contributed by atoms with van der Waals surface area (Å²) in [6.07, 6.45) is 4.74. The molecule has 19 heavy (non-hydrogen) atoms. The van der Waals surface area contributed by atoms with Crippen LogP contribution in [0, 0.1) is 0 Å². The van der Waals surface area contributed by atoms with Crippen molar-refractivity contribution < 1.29 is 13.9 Å². The maximum Gasteiger partial charge on any atom is 0.373 e. The topological polar surface area (TPSA) is 69.3 Å². The summed E-state index contributed by atoms with van der Waals surface area (Å²) in [5.74, 6) is 0.486. The Bertz CT molecular complexity index is 545. The van der Waals surface area contributed by atoms with Crippen molar-refractivity contribution >= 4 is 5.97 Å². The number of carbonyl (C=O) groups is 1. The number of hydrogen-bond donors (Lipinski definition) is 1. The molecule has 0 saturated heterocycles. The van der Waals surface area contributed by atoms with E-state index in [0.717, 1.165) is 13.0 Å². The van der Waals surface area contributed by atoms with Crippen molar-refractivity contribution in [3.63, 3.8) is 0 Å². The minimum atomic E-state index is -0.457. The number of carbonyl (C=O) groups excluding carboxylic acids is 1. The molecule has 6 heteroatoms. The fraction of sp³-hybridized carbons (Fsp3) is 0.385. The van der Waals surface area contributed by atoms with Crippen LogP contribution in [0.3, 0.4) is 0 Å². The molecule has 2 rings (SSSR count). The van der Waals surface area contributed by atoms with Crippen LogP contribution in [0.2, 0.25) is 0 Å². The number of ether oxygens (including phenoxy) is 1. The molecule has 2 heterocycles. The molecular formula is C13H17N3O3. The summed E-state index contributed by atoms with van der Waals surface area (Å²) in [5, 5.41) is 7.35. The first kappa shape index (κ1) is 13.4. The maximum atomic E-state index is 11.2. The number of nitrogens with zero attached hydrogens (tertiary/aromatic N) is 2. The standard InChI is InChI=1S/C13H17N3O3/c1-16-9-10(7-15-16)5-6-14-8-11-3-4-12(19-11)13(17)18-2/h3-4,7,9,14H,5-6,8H2,1-2H3. The fourth-order valence-electron chi connectivity index (χ4n) is 1.73. The molecule has 102 valence electrons. The van der Waals surface area contributed by atoms with E-state index in [2.05, 4.69) is 15.2 Å². The van der Waals surface area contributed by atoms with Crippen molar-refractivity contribution in [2.75, 3.05) is 13.7 Å². The molecule has 0 aliphatic carbocycles. The lowest BCUT2D eigenvalue weighted by molar-refractivity contribution is 0.0563. The van der Waals surface area contributed by atoms with Crippen molar-refractivity contribution in [1.29, 1.82) is 0 Å². The normalized spacial score (nSPS) is 10.6. The highest BCUT2D eigenvalue weighted by Gasteiger charge is 2.10. The summed E-state index contributed by atoms with van der Waals surface area (Å²) in [7, 11) is 3.23. The Labute approximate surface area is 111 Å². The van der Waals surface area contributed by atoms with Crippen LogP contribution in [0.15, 0.2) is 28.9 Å². The molecule has 0 unspecified atom stereocenters. The van der Waals surface area contributed by atoms with E-state index in [0.29, 0.717) is 12.3 Å². The maximum absolute atomic E-state index is 11.2. The van der Waals surface area contributed by atoms with Crippen LogP contribution in [-0.2, 0) is 24.8 Å². The predicted octanol–water partition coefficient (Wildman–Crippen LogP) is 1.13. The third kappa shape index (κ3) is 3.69. The molecule has 0 atom stereocenters. The van der Waals surface area contributed by atoms with Gasteiger partial charge in [0.15, 0.2) is 0 Å². The van der Waals surface area contributed by atoms with Gasteiger partial charge in [-0.1, -0.05) is 0 Å². The molecule has 0 spiro atoms. The van der Waals surface area contributed by atoms with Gasteiger partial charge in [0.25, 0.3) is 0 Å². The fourth-order valence-corrected chi connectivity index (χ4v) is 1.73. The van der Waals surface area contributed by atoms with Crippen molar-refractivity contribution in [1.82, 2.24) is 15.1 Å². The molecule has 2 aromatic heterocycles. The second-order valence-electron chi connectivity index (χ2n) is 4.21. The molecule has 1 N–H and O–H groups in total. The van der Waals surface area contributed by atoms with Gasteiger partial charge in [0.05, 0.1) is 19.9 Å². The van der Waals surface area contributed by atoms with E-state index in [4.69, 9.17) is 4.42 Å². The van der Waals surface area contributed by atoms with E-state index in [1.807, 2.05) is 19.4 Å². The summed E-state index contributed by atoms with van der Waals surface area (Å²) in [5.41, 5.74) is 1.18. The zero-order valence-electron chi connectivity index (χ0n) is 11.0. The van der Waals surface area contributed by atoms with Crippen molar-refractivity contribution in [3.05, 3.63) is 41.6 Å².